The molecule has 1 fully saturated rings. The molecule has 1 aromatic rings. The highest BCUT2D eigenvalue weighted by molar-refractivity contribution is 9.10. The molecule has 20 heavy (non-hydrogen) atoms. The number of rotatable bonds is 6. The van der Waals surface area contributed by atoms with E-state index in [1.807, 2.05) is 0 Å². The first-order valence-electron chi connectivity index (χ1n) is 6.02. The van der Waals surface area contributed by atoms with Crippen molar-refractivity contribution in [2.45, 2.75) is 18.9 Å². The standard InChI is InChI=1S/C12H13BrN2O5/c13-9-4-3-8(20-9)12(19)14-5-10(16)15(6-11(17)18)7-1-2-7/h3-4,7H,1-2,5-6H2,(H,14,19)(H,17,18). The van der Waals surface area contributed by atoms with Crippen molar-refractivity contribution in [3.8, 4) is 0 Å². The second-order valence-electron chi connectivity index (χ2n) is 4.43. The molecular formula is C12H13BrN2O5. The molecule has 0 spiro atoms. The van der Waals surface area contributed by atoms with Gasteiger partial charge in [0, 0.05) is 6.04 Å². The lowest BCUT2D eigenvalue weighted by atomic mass is 10.4. The Labute approximate surface area is 123 Å². The number of carboxylic acid groups (broad SMARTS) is 1. The molecule has 8 heteroatoms. The summed E-state index contributed by atoms with van der Waals surface area (Å²) < 4.78 is 5.46. The first kappa shape index (κ1) is 14.6. The Morgan fingerprint density at radius 1 is 1.40 bits per heavy atom. The molecule has 0 bridgehead atoms. The number of halogens is 1. The van der Waals surface area contributed by atoms with Crippen LogP contribution in [0, 0.1) is 0 Å². The lowest BCUT2D eigenvalue weighted by Crippen LogP contribution is -2.43. The average molecular weight is 345 g/mol. The maximum atomic E-state index is 11.9. The molecule has 0 atom stereocenters. The molecule has 108 valence electrons. The van der Waals surface area contributed by atoms with Crippen LogP contribution < -0.4 is 5.32 Å². The second kappa shape index (κ2) is 6.08. The van der Waals surface area contributed by atoms with Gasteiger partial charge in [0.15, 0.2) is 10.4 Å². The highest BCUT2D eigenvalue weighted by Crippen LogP contribution is 2.26. The van der Waals surface area contributed by atoms with Crippen LogP contribution >= 0.6 is 15.9 Å². The summed E-state index contributed by atoms with van der Waals surface area (Å²) in [5, 5.41) is 11.2. The summed E-state index contributed by atoms with van der Waals surface area (Å²) >= 11 is 3.07. The monoisotopic (exact) mass is 344 g/mol. The van der Waals surface area contributed by atoms with Crippen LogP contribution in [0.3, 0.4) is 0 Å². The van der Waals surface area contributed by atoms with Gasteiger partial charge in [-0.25, -0.2) is 0 Å². The summed E-state index contributed by atoms with van der Waals surface area (Å²) in [7, 11) is 0. The Hall–Kier alpha value is -1.83. The van der Waals surface area contributed by atoms with E-state index in [0.717, 1.165) is 12.8 Å². The van der Waals surface area contributed by atoms with Gasteiger partial charge in [0.25, 0.3) is 5.91 Å². The third kappa shape index (κ3) is 3.83. The Kier molecular flexibility index (Phi) is 4.43. The lowest BCUT2D eigenvalue weighted by molar-refractivity contribution is -0.144. The van der Waals surface area contributed by atoms with Gasteiger partial charge in [-0.15, -0.1) is 0 Å². The molecule has 1 aliphatic carbocycles. The van der Waals surface area contributed by atoms with Crippen molar-refractivity contribution in [2.75, 3.05) is 13.1 Å². The number of carboxylic acids is 1. The molecule has 7 nitrogen and oxygen atoms in total. The fourth-order valence-electron chi connectivity index (χ4n) is 1.73. The van der Waals surface area contributed by atoms with Crippen LogP contribution in [0.2, 0.25) is 0 Å². The summed E-state index contributed by atoms with van der Waals surface area (Å²) in [5.41, 5.74) is 0. The number of aliphatic carboxylic acids is 1. The fraction of sp³-hybridized carbons (Fsp3) is 0.417. The summed E-state index contributed by atoms with van der Waals surface area (Å²) in [6.45, 7) is -0.591. The van der Waals surface area contributed by atoms with Crippen LogP contribution in [-0.2, 0) is 9.59 Å². The third-order valence-corrected chi connectivity index (χ3v) is 3.24. The van der Waals surface area contributed by atoms with Crippen molar-refractivity contribution < 1.29 is 23.9 Å². The number of hydrogen-bond donors (Lipinski definition) is 2. The Morgan fingerprint density at radius 2 is 2.10 bits per heavy atom. The van der Waals surface area contributed by atoms with Crippen LogP contribution in [0.5, 0.6) is 0 Å². The van der Waals surface area contributed by atoms with Crippen molar-refractivity contribution in [3.05, 3.63) is 22.6 Å². The van der Waals surface area contributed by atoms with Gasteiger partial charge in [-0.2, -0.15) is 0 Å². The predicted molar refractivity (Wildman–Crippen MR) is 71.1 cm³/mol. The molecule has 0 aromatic carbocycles. The van der Waals surface area contributed by atoms with Crippen LogP contribution in [0.4, 0.5) is 0 Å². The van der Waals surface area contributed by atoms with E-state index in [-0.39, 0.29) is 24.9 Å². The van der Waals surface area contributed by atoms with Crippen molar-refractivity contribution in [1.29, 1.82) is 0 Å². The number of amides is 2. The fourth-order valence-corrected chi connectivity index (χ4v) is 2.04. The second-order valence-corrected chi connectivity index (χ2v) is 5.21. The molecule has 2 rings (SSSR count). The van der Waals surface area contributed by atoms with E-state index in [4.69, 9.17) is 9.52 Å². The van der Waals surface area contributed by atoms with Gasteiger partial charge in [0.05, 0.1) is 6.54 Å². The minimum Gasteiger partial charge on any atom is -0.480 e. The minimum atomic E-state index is -1.06. The largest absolute Gasteiger partial charge is 0.480 e. The van der Waals surface area contributed by atoms with Crippen molar-refractivity contribution in [2.24, 2.45) is 0 Å². The van der Waals surface area contributed by atoms with Crippen molar-refractivity contribution in [3.63, 3.8) is 0 Å². The van der Waals surface area contributed by atoms with E-state index in [9.17, 15) is 14.4 Å². The Balaban J connectivity index is 1.87. The zero-order chi connectivity index (χ0) is 14.7. The topological polar surface area (TPSA) is 99.9 Å². The lowest BCUT2D eigenvalue weighted by Gasteiger charge is -2.20. The SMILES string of the molecule is O=C(O)CN(C(=O)CNC(=O)c1ccc(Br)o1)C1CC1. The van der Waals surface area contributed by atoms with Gasteiger partial charge in [-0.1, -0.05) is 0 Å². The normalized spacial score (nSPS) is 13.8. The molecule has 0 saturated heterocycles. The van der Waals surface area contributed by atoms with Gasteiger partial charge < -0.3 is 19.7 Å². The van der Waals surface area contributed by atoms with Gasteiger partial charge in [-0.3, -0.25) is 14.4 Å². The first-order chi connectivity index (χ1) is 9.47. The minimum absolute atomic E-state index is 0.0201. The molecule has 1 heterocycles. The highest BCUT2D eigenvalue weighted by Gasteiger charge is 2.33. The average Bonchev–Trinajstić information content (AvgIpc) is 3.14. The Morgan fingerprint density at radius 3 is 2.60 bits per heavy atom. The number of hydrogen-bond acceptors (Lipinski definition) is 4. The zero-order valence-electron chi connectivity index (χ0n) is 10.5. The van der Waals surface area contributed by atoms with Crippen molar-refractivity contribution in [1.82, 2.24) is 10.2 Å². The van der Waals surface area contributed by atoms with E-state index in [2.05, 4.69) is 21.2 Å². The van der Waals surface area contributed by atoms with Crippen LogP contribution in [0.25, 0.3) is 0 Å². The quantitative estimate of drug-likeness (QED) is 0.796. The Bertz CT molecular complexity index is 538. The van der Waals surface area contributed by atoms with Gasteiger partial charge in [0.1, 0.15) is 6.54 Å². The van der Waals surface area contributed by atoms with E-state index < -0.39 is 17.8 Å². The smallest absolute Gasteiger partial charge is 0.323 e. The molecule has 0 unspecified atom stereocenters. The number of nitrogens with one attached hydrogen (secondary N) is 1. The van der Waals surface area contributed by atoms with Gasteiger partial charge in [0.2, 0.25) is 5.91 Å². The van der Waals surface area contributed by atoms with Gasteiger partial charge in [-0.05, 0) is 40.9 Å². The molecule has 0 radical (unpaired) electrons. The summed E-state index contributed by atoms with van der Waals surface area (Å²) in [4.78, 5) is 35.6. The molecule has 1 aromatic heterocycles. The predicted octanol–water partition coefficient (Wildman–Crippen LogP) is 0.847. The molecule has 0 aliphatic heterocycles. The van der Waals surface area contributed by atoms with Gasteiger partial charge >= 0.3 is 5.97 Å². The first-order valence-corrected chi connectivity index (χ1v) is 6.81. The number of furan rings is 1. The van der Waals surface area contributed by atoms with E-state index in [0.29, 0.717) is 4.67 Å². The van der Waals surface area contributed by atoms with E-state index in [1.54, 1.807) is 6.07 Å². The molecule has 2 N–H and O–H groups in total. The van der Waals surface area contributed by atoms with Crippen LogP contribution in [-0.4, -0.2) is 46.9 Å². The molecular weight excluding hydrogens is 332 g/mol. The number of nitrogens with zero attached hydrogens (tertiary/aromatic N) is 1. The molecule has 2 amide bonds. The van der Waals surface area contributed by atoms with Crippen molar-refractivity contribution >= 4 is 33.7 Å². The van der Waals surface area contributed by atoms with Crippen LogP contribution in [0.15, 0.2) is 21.2 Å². The summed E-state index contributed by atoms with van der Waals surface area (Å²) in [5.74, 6) is -1.91. The van der Waals surface area contributed by atoms with E-state index >= 15 is 0 Å². The number of carbonyl (C=O) groups is 3. The van der Waals surface area contributed by atoms with E-state index in [1.165, 1.54) is 11.0 Å². The number of carbonyl (C=O) groups excluding carboxylic acids is 2. The molecule has 1 saturated carbocycles. The van der Waals surface area contributed by atoms with Crippen LogP contribution in [0.1, 0.15) is 23.4 Å². The molecule has 1 aliphatic rings. The zero-order valence-corrected chi connectivity index (χ0v) is 12.1. The highest BCUT2D eigenvalue weighted by atomic mass is 79.9. The summed E-state index contributed by atoms with van der Waals surface area (Å²) in [6, 6.07) is 3.02. The summed E-state index contributed by atoms with van der Waals surface area (Å²) in [6.07, 6.45) is 1.61. The maximum absolute atomic E-state index is 11.9. The third-order valence-electron chi connectivity index (χ3n) is 2.81. The maximum Gasteiger partial charge on any atom is 0.323 e.